The van der Waals surface area contributed by atoms with E-state index in [9.17, 15) is 9.59 Å². The van der Waals surface area contributed by atoms with Crippen molar-refractivity contribution in [1.82, 2.24) is 14.9 Å². The van der Waals surface area contributed by atoms with Crippen LogP contribution in [0.5, 0.6) is 0 Å². The first-order valence-corrected chi connectivity index (χ1v) is 8.17. The lowest BCUT2D eigenvalue weighted by Gasteiger charge is -2.11. The van der Waals surface area contributed by atoms with Crippen LogP contribution in [0.25, 0.3) is 0 Å². The molecule has 1 aliphatic carbocycles. The van der Waals surface area contributed by atoms with Crippen molar-refractivity contribution in [2.45, 2.75) is 52.4 Å². The monoisotopic (exact) mass is 306 g/mol. The van der Waals surface area contributed by atoms with Gasteiger partial charge in [-0.2, -0.15) is 0 Å². The summed E-state index contributed by atoms with van der Waals surface area (Å²) in [7, 11) is 1.79. The summed E-state index contributed by atoms with van der Waals surface area (Å²) in [6.45, 7) is 4.54. The number of nitrogens with one attached hydrogen (secondary N) is 2. The molecular formula is C16H26N4O2. The number of anilines is 1. The van der Waals surface area contributed by atoms with Crippen LogP contribution >= 0.6 is 0 Å². The molecule has 0 atom stereocenters. The van der Waals surface area contributed by atoms with Gasteiger partial charge in [0.15, 0.2) is 11.5 Å². The molecule has 122 valence electrons. The van der Waals surface area contributed by atoms with Crippen molar-refractivity contribution in [2.24, 2.45) is 13.0 Å². The van der Waals surface area contributed by atoms with Crippen LogP contribution in [0.3, 0.4) is 0 Å². The van der Waals surface area contributed by atoms with E-state index >= 15 is 0 Å². The van der Waals surface area contributed by atoms with Crippen molar-refractivity contribution in [1.29, 1.82) is 0 Å². The lowest BCUT2D eigenvalue weighted by atomic mass is 10.1. The smallest absolute Gasteiger partial charge is 0.271 e. The molecule has 2 rings (SSSR count). The van der Waals surface area contributed by atoms with Crippen LogP contribution < -0.4 is 10.6 Å². The van der Waals surface area contributed by atoms with Crippen molar-refractivity contribution in [3.63, 3.8) is 0 Å². The zero-order valence-corrected chi connectivity index (χ0v) is 13.7. The SMILES string of the molecule is CCCCNC(=O)c1c(NC(=O)C2CCCC2)nc(C)n1C. The Kier molecular flexibility index (Phi) is 5.57. The molecule has 0 unspecified atom stereocenters. The van der Waals surface area contributed by atoms with Gasteiger partial charge in [-0.1, -0.05) is 26.2 Å². The Morgan fingerprint density at radius 3 is 2.64 bits per heavy atom. The maximum absolute atomic E-state index is 12.4. The number of rotatable bonds is 6. The minimum absolute atomic E-state index is 0.0155. The highest BCUT2D eigenvalue weighted by Gasteiger charge is 2.26. The molecule has 1 aromatic rings. The van der Waals surface area contributed by atoms with Gasteiger partial charge in [-0.3, -0.25) is 9.59 Å². The average Bonchev–Trinajstić information content (AvgIpc) is 3.09. The Morgan fingerprint density at radius 2 is 2.00 bits per heavy atom. The molecule has 22 heavy (non-hydrogen) atoms. The first-order chi connectivity index (χ1) is 10.5. The fourth-order valence-electron chi connectivity index (χ4n) is 2.83. The summed E-state index contributed by atoms with van der Waals surface area (Å²) in [5.41, 5.74) is 0.431. The van der Waals surface area contributed by atoms with Crippen molar-refractivity contribution >= 4 is 17.6 Å². The van der Waals surface area contributed by atoms with Crippen molar-refractivity contribution in [3.05, 3.63) is 11.5 Å². The zero-order valence-electron chi connectivity index (χ0n) is 13.7. The van der Waals surface area contributed by atoms with E-state index in [2.05, 4.69) is 22.5 Å². The fourth-order valence-corrected chi connectivity index (χ4v) is 2.83. The third-order valence-corrected chi connectivity index (χ3v) is 4.32. The average molecular weight is 306 g/mol. The predicted molar refractivity (Wildman–Crippen MR) is 85.8 cm³/mol. The van der Waals surface area contributed by atoms with E-state index in [1.54, 1.807) is 11.6 Å². The molecule has 0 spiro atoms. The number of nitrogens with zero attached hydrogens (tertiary/aromatic N) is 2. The quantitative estimate of drug-likeness (QED) is 0.792. The van der Waals surface area contributed by atoms with E-state index in [1.165, 1.54) is 0 Å². The Bertz CT molecular complexity index is 545. The number of imidazole rings is 1. The summed E-state index contributed by atoms with van der Waals surface area (Å²) in [6.07, 6.45) is 6.01. The van der Waals surface area contributed by atoms with Gasteiger partial charge in [0.1, 0.15) is 5.82 Å². The van der Waals surface area contributed by atoms with Gasteiger partial charge in [-0.25, -0.2) is 4.98 Å². The highest BCUT2D eigenvalue weighted by atomic mass is 16.2. The van der Waals surface area contributed by atoms with E-state index in [0.717, 1.165) is 38.5 Å². The summed E-state index contributed by atoms with van der Waals surface area (Å²) in [6, 6.07) is 0. The fraction of sp³-hybridized carbons (Fsp3) is 0.688. The summed E-state index contributed by atoms with van der Waals surface area (Å²) >= 11 is 0. The van der Waals surface area contributed by atoms with Crippen LogP contribution in [0.2, 0.25) is 0 Å². The Labute approximate surface area is 131 Å². The topological polar surface area (TPSA) is 76.0 Å². The van der Waals surface area contributed by atoms with Crippen LogP contribution in [-0.4, -0.2) is 27.9 Å². The Hall–Kier alpha value is -1.85. The molecule has 2 amide bonds. The number of aromatic nitrogens is 2. The maximum atomic E-state index is 12.4. The molecule has 6 heteroatoms. The molecule has 1 fully saturated rings. The number of amides is 2. The minimum Gasteiger partial charge on any atom is -0.351 e. The Morgan fingerprint density at radius 1 is 1.32 bits per heavy atom. The van der Waals surface area contributed by atoms with Crippen molar-refractivity contribution in [2.75, 3.05) is 11.9 Å². The number of carbonyl (C=O) groups excluding carboxylic acids is 2. The predicted octanol–water partition coefficient (Wildman–Crippen LogP) is 2.39. The molecule has 2 N–H and O–H groups in total. The van der Waals surface area contributed by atoms with Crippen LogP contribution in [0.1, 0.15) is 61.8 Å². The zero-order chi connectivity index (χ0) is 16.1. The van der Waals surface area contributed by atoms with Gasteiger partial charge in [0.25, 0.3) is 5.91 Å². The van der Waals surface area contributed by atoms with E-state index in [4.69, 9.17) is 0 Å². The molecule has 0 saturated heterocycles. The standard InChI is InChI=1S/C16H26N4O2/c1-4-5-10-17-16(22)13-14(18-11(2)20(13)3)19-15(21)12-8-6-7-9-12/h12H,4-10H2,1-3H3,(H,17,22)(H,19,21). The second-order valence-electron chi connectivity index (χ2n) is 6.00. The summed E-state index contributed by atoms with van der Waals surface area (Å²) in [4.78, 5) is 29.0. The van der Waals surface area contributed by atoms with Gasteiger partial charge >= 0.3 is 0 Å². The van der Waals surface area contributed by atoms with Gasteiger partial charge in [-0.15, -0.1) is 0 Å². The van der Waals surface area contributed by atoms with Crippen LogP contribution in [0, 0.1) is 12.8 Å². The third kappa shape index (κ3) is 3.67. The lowest BCUT2D eigenvalue weighted by molar-refractivity contribution is -0.119. The van der Waals surface area contributed by atoms with Gasteiger partial charge in [0, 0.05) is 19.5 Å². The van der Waals surface area contributed by atoms with Crippen LogP contribution in [0.15, 0.2) is 0 Å². The number of hydrogen-bond acceptors (Lipinski definition) is 3. The van der Waals surface area contributed by atoms with E-state index in [1.807, 2.05) is 6.92 Å². The molecule has 0 bridgehead atoms. The number of carbonyl (C=O) groups is 2. The van der Waals surface area contributed by atoms with Crippen molar-refractivity contribution in [3.8, 4) is 0 Å². The molecule has 0 aliphatic heterocycles. The number of aryl methyl sites for hydroxylation is 1. The van der Waals surface area contributed by atoms with E-state index < -0.39 is 0 Å². The van der Waals surface area contributed by atoms with E-state index in [0.29, 0.717) is 23.9 Å². The molecule has 1 saturated carbocycles. The van der Waals surface area contributed by atoms with Gasteiger partial charge in [0.05, 0.1) is 0 Å². The second-order valence-corrected chi connectivity index (χ2v) is 6.00. The first-order valence-electron chi connectivity index (χ1n) is 8.17. The highest BCUT2D eigenvalue weighted by Crippen LogP contribution is 2.26. The molecule has 0 aromatic carbocycles. The lowest BCUT2D eigenvalue weighted by Crippen LogP contribution is -2.29. The molecule has 1 aliphatic rings. The normalized spacial score (nSPS) is 15.0. The number of unbranched alkanes of at least 4 members (excludes halogenated alkanes) is 1. The highest BCUT2D eigenvalue weighted by molar-refractivity contribution is 6.02. The Balaban J connectivity index is 2.11. The summed E-state index contributed by atoms with van der Waals surface area (Å²) in [5, 5.41) is 5.74. The van der Waals surface area contributed by atoms with Gasteiger partial charge < -0.3 is 15.2 Å². The summed E-state index contributed by atoms with van der Waals surface area (Å²) < 4.78 is 1.73. The number of hydrogen-bond donors (Lipinski definition) is 2. The summed E-state index contributed by atoms with van der Waals surface area (Å²) in [5.74, 6) is 0.947. The molecule has 1 aromatic heterocycles. The van der Waals surface area contributed by atoms with Crippen molar-refractivity contribution < 1.29 is 9.59 Å². The maximum Gasteiger partial charge on any atom is 0.271 e. The van der Waals surface area contributed by atoms with E-state index in [-0.39, 0.29) is 17.7 Å². The van der Waals surface area contributed by atoms with Crippen LogP contribution in [0.4, 0.5) is 5.82 Å². The second kappa shape index (κ2) is 7.42. The van der Waals surface area contributed by atoms with Gasteiger partial charge in [0.2, 0.25) is 5.91 Å². The molecule has 6 nitrogen and oxygen atoms in total. The molecule has 1 heterocycles. The molecule has 0 radical (unpaired) electrons. The van der Waals surface area contributed by atoms with Crippen LogP contribution in [-0.2, 0) is 11.8 Å². The largest absolute Gasteiger partial charge is 0.351 e. The van der Waals surface area contributed by atoms with Gasteiger partial charge in [-0.05, 0) is 26.2 Å². The molecular weight excluding hydrogens is 280 g/mol. The third-order valence-electron chi connectivity index (χ3n) is 4.32. The minimum atomic E-state index is -0.182. The first kappa shape index (κ1) is 16.5.